The van der Waals surface area contributed by atoms with Gasteiger partial charge < -0.3 is 10.4 Å². The van der Waals surface area contributed by atoms with E-state index in [0.717, 1.165) is 12.1 Å². The Morgan fingerprint density at radius 2 is 1.90 bits per heavy atom. The first-order chi connectivity index (χ1) is 9.88. The minimum atomic E-state index is -0.973. The van der Waals surface area contributed by atoms with Crippen molar-refractivity contribution in [3.05, 3.63) is 35.4 Å². The molecular weight excluding hydrogens is 280 g/mol. The summed E-state index contributed by atoms with van der Waals surface area (Å²) in [6.07, 6.45) is 1.01. The van der Waals surface area contributed by atoms with Gasteiger partial charge in [-0.15, -0.1) is 0 Å². The lowest BCUT2D eigenvalue weighted by atomic mass is 9.95. The molecule has 6 heteroatoms. The van der Waals surface area contributed by atoms with Gasteiger partial charge in [-0.25, -0.2) is 8.78 Å². The van der Waals surface area contributed by atoms with Crippen molar-refractivity contribution < 1.29 is 23.5 Å². The fraction of sp³-hybridized carbons (Fsp3) is 0.467. The number of carbonyl (C=O) groups is 2. The fourth-order valence-corrected chi connectivity index (χ4v) is 2.82. The number of hydrogen-bond acceptors (Lipinski definition) is 2. The summed E-state index contributed by atoms with van der Waals surface area (Å²) in [5.74, 6) is -4.29. The van der Waals surface area contributed by atoms with Gasteiger partial charge in [0.15, 0.2) is 11.6 Å². The highest BCUT2D eigenvalue weighted by molar-refractivity contribution is 5.85. The van der Waals surface area contributed by atoms with E-state index in [-0.39, 0.29) is 18.4 Å². The largest absolute Gasteiger partial charge is 0.481 e. The molecule has 0 heterocycles. The van der Waals surface area contributed by atoms with E-state index in [4.69, 9.17) is 5.11 Å². The minimum Gasteiger partial charge on any atom is -0.481 e. The normalized spacial score (nSPS) is 24.8. The van der Waals surface area contributed by atoms with Crippen LogP contribution in [0.1, 0.15) is 25.3 Å². The number of hydrogen-bond donors (Lipinski definition) is 2. The van der Waals surface area contributed by atoms with Crippen molar-refractivity contribution in [2.45, 2.75) is 26.3 Å². The second-order valence-electron chi connectivity index (χ2n) is 5.59. The molecule has 1 aromatic rings. The maximum atomic E-state index is 13.1. The van der Waals surface area contributed by atoms with Gasteiger partial charge in [-0.2, -0.15) is 0 Å². The van der Waals surface area contributed by atoms with Crippen molar-refractivity contribution in [3.63, 3.8) is 0 Å². The molecule has 1 saturated carbocycles. The molecule has 2 N–H and O–H groups in total. The Morgan fingerprint density at radius 1 is 1.24 bits per heavy atom. The number of carboxylic acid groups (broad SMARTS) is 1. The summed E-state index contributed by atoms with van der Waals surface area (Å²) in [6.45, 7) is 1.96. The van der Waals surface area contributed by atoms with Crippen molar-refractivity contribution in [1.82, 2.24) is 5.32 Å². The Hall–Kier alpha value is -1.98. The molecule has 21 heavy (non-hydrogen) atoms. The summed E-state index contributed by atoms with van der Waals surface area (Å²) >= 11 is 0. The molecule has 4 nitrogen and oxygen atoms in total. The van der Waals surface area contributed by atoms with Crippen LogP contribution in [0.25, 0.3) is 0 Å². The van der Waals surface area contributed by atoms with Crippen LogP contribution in [0.15, 0.2) is 18.2 Å². The number of halogens is 2. The smallest absolute Gasteiger partial charge is 0.307 e. The van der Waals surface area contributed by atoms with Crippen LogP contribution in [-0.2, 0) is 16.1 Å². The first kappa shape index (κ1) is 15.4. The van der Waals surface area contributed by atoms with Gasteiger partial charge in [-0.05, 0) is 36.5 Å². The van der Waals surface area contributed by atoms with Gasteiger partial charge in [0.25, 0.3) is 0 Å². The van der Waals surface area contributed by atoms with Gasteiger partial charge in [0.2, 0.25) is 5.91 Å². The third-order valence-electron chi connectivity index (χ3n) is 3.90. The summed E-state index contributed by atoms with van der Waals surface area (Å²) < 4.78 is 25.9. The Labute approximate surface area is 121 Å². The molecule has 0 spiro atoms. The molecule has 2 rings (SSSR count). The molecule has 0 radical (unpaired) electrons. The van der Waals surface area contributed by atoms with Crippen molar-refractivity contribution >= 4 is 11.9 Å². The highest BCUT2D eigenvalue weighted by Crippen LogP contribution is 2.36. The molecule has 1 amide bonds. The van der Waals surface area contributed by atoms with Crippen molar-refractivity contribution in [2.24, 2.45) is 17.8 Å². The zero-order chi connectivity index (χ0) is 15.6. The van der Waals surface area contributed by atoms with E-state index in [0.29, 0.717) is 18.4 Å². The monoisotopic (exact) mass is 297 g/mol. The van der Waals surface area contributed by atoms with Crippen molar-refractivity contribution in [1.29, 1.82) is 0 Å². The maximum absolute atomic E-state index is 13.1. The number of carboxylic acids is 1. The Kier molecular flexibility index (Phi) is 4.55. The average molecular weight is 297 g/mol. The highest BCUT2D eigenvalue weighted by atomic mass is 19.2. The molecule has 114 valence electrons. The van der Waals surface area contributed by atoms with Crippen LogP contribution in [0.3, 0.4) is 0 Å². The predicted molar refractivity (Wildman–Crippen MR) is 71.2 cm³/mol. The third kappa shape index (κ3) is 3.56. The molecule has 3 unspecified atom stereocenters. The lowest BCUT2D eigenvalue weighted by Gasteiger charge is -2.15. The number of nitrogens with one attached hydrogen (secondary N) is 1. The van der Waals surface area contributed by atoms with Crippen molar-refractivity contribution in [2.75, 3.05) is 0 Å². The Bertz CT molecular complexity index is 562. The molecule has 0 aliphatic heterocycles. The van der Waals surface area contributed by atoms with Crippen LogP contribution in [-0.4, -0.2) is 17.0 Å². The highest BCUT2D eigenvalue weighted by Gasteiger charge is 2.40. The van der Waals surface area contributed by atoms with Crippen molar-refractivity contribution in [3.8, 4) is 0 Å². The Morgan fingerprint density at radius 3 is 2.52 bits per heavy atom. The molecular formula is C15H17F2NO3. The summed E-state index contributed by atoms with van der Waals surface area (Å²) in [7, 11) is 0. The van der Waals surface area contributed by atoms with Gasteiger partial charge in [-0.1, -0.05) is 13.0 Å². The van der Waals surface area contributed by atoms with E-state index in [9.17, 15) is 18.4 Å². The van der Waals surface area contributed by atoms with E-state index in [2.05, 4.69) is 5.32 Å². The maximum Gasteiger partial charge on any atom is 0.307 e. The molecule has 1 aliphatic rings. The lowest BCUT2D eigenvalue weighted by Crippen LogP contribution is -2.34. The number of benzene rings is 1. The van der Waals surface area contributed by atoms with Crippen LogP contribution in [0, 0.1) is 29.4 Å². The zero-order valence-corrected chi connectivity index (χ0v) is 11.6. The molecule has 1 aromatic carbocycles. The topological polar surface area (TPSA) is 66.4 Å². The van der Waals surface area contributed by atoms with Gasteiger partial charge >= 0.3 is 5.97 Å². The summed E-state index contributed by atoms with van der Waals surface area (Å²) in [4.78, 5) is 23.2. The Balaban J connectivity index is 1.97. The standard InChI is InChI=1S/C15H17F2NO3/c1-8-4-10(11(5-8)15(20)21)14(19)18-7-9-2-3-12(16)13(17)6-9/h2-3,6,8,10-11H,4-5,7H2,1H3,(H,18,19)(H,20,21). The molecule has 0 bridgehead atoms. The summed E-state index contributed by atoms with van der Waals surface area (Å²) in [6, 6.07) is 3.39. The number of rotatable bonds is 4. The number of carbonyl (C=O) groups excluding carboxylic acids is 1. The van der Waals surface area contributed by atoms with E-state index in [1.807, 2.05) is 6.92 Å². The van der Waals surface area contributed by atoms with Gasteiger partial charge in [-0.3, -0.25) is 9.59 Å². The molecule has 1 fully saturated rings. The van der Waals surface area contributed by atoms with E-state index in [1.54, 1.807) is 0 Å². The summed E-state index contributed by atoms with van der Waals surface area (Å²) in [5.41, 5.74) is 0.431. The van der Waals surface area contributed by atoms with E-state index < -0.39 is 29.4 Å². The van der Waals surface area contributed by atoms with E-state index in [1.165, 1.54) is 6.07 Å². The van der Waals surface area contributed by atoms with Crippen LogP contribution in [0.5, 0.6) is 0 Å². The average Bonchev–Trinajstić information content (AvgIpc) is 2.82. The summed E-state index contributed by atoms with van der Waals surface area (Å²) in [5, 5.41) is 11.7. The van der Waals surface area contributed by atoms with Crippen LogP contribution >= 0.6 is 0 Å². The minimum absolute atomic E-state index is 0.0489. The molecule has 3 atom stereocenters. The number of amides is 1. The first-order valence-electron chi connectivity index (χ1n) is 6.83. The fourth-order valence-electron chi connectivity index (χ4n) is 2.82. The first-order valence-corrected chi connectivity index (χ1v) is 6.83. The SMILES string of the molecule is CC1CC(C(=O)O)C(C(=O)NCc2ccc(F)c(F)c2)C1. The molecule has 0 saturated heterocycles. The lowest BCUT2D eigenvalue weighted by molar-refractivity contribution is -0.146. The van der Waals surface area contributed by atoms with Crippen LogP contribution < -0.4 is 5.32 Å². The number of aliphatic carboxylic acids is 1. The van der Waals surface area contributed by atoms with E-state index >= 15 is 0 Å². The van der Waals surface area contributed by atoms with Gasteiger partial charge in [0.05, 0.1) is 11.8 Å². The van der Waals surface area contributed by atoms with Crippen LogP contribution in [0.2, 0.25) is 0 Å². The van der Waals surface area contributed by atoms with Crippen LogP contribution in [0.4, 0.5) is 8.78 Å². The van der Waals surface area contributed by atoms with Gasteiger partial charge in [0.1, 0.15) is 0 Å². The predicted octanol–water partition coefficient (Wildman–Crippen LogP) is 2.33. The van der Waals surface area contributed by atoms with Gasteiger partial charge in [0, 0.05) is 6.54 Å². The second kappa shape index (κ2) is 6.20. The second-order valence-corrected chi connectivity index (χ2v) is 5.59. The molecule has 0 aromatic heterocycles. The quantitative estimate of drug-likeness (QED) is 0.896. The third-order valence-corrected chi connectivity index (χ3v) is 3.90. The zero-order valence-electron chi connectivity index (χ0n) is 11.6. The molecule has 1 aliphatic carbocycles.